The van der Waals surface area contributed by atoms with Crippen LogP contribution in [-0.2, 0) is 11.2 Å². The predicted molar refractivity (Wildman–Crippen MR) is 83.1 cm³/mol. The van der Waals surface area contributed by atoms with E-state index in [2.05, 4.69) is 36.1 Å². The fourth-order valence-electron chi connectivity index (χ4n) is 3.69. The van der Waals surface area contributed by atoms with Gasteiger partial charge >= 0.3 is 0 Å². The molecule has 2 heterocycles. The highest BCUT2D eigenvalue weighted by atomic mass is 16.5. The Morgan fingerprint density at radius 3 is 2.80 bits per heavy atom. The van der Waals surface area contributed by atoms with Gasteiger partial charge in [0.15, 0.2) is 0 Å². The molecular formula is C17H26N2O. The molecule has 3 heteroatoms. The van der Waals surface area contributed by atoms with Gasteiger partial charge < -0.3 is 15.4 Å². The molecule has 1 fully saturated rings. The van der Waals surface area contributed by atoms with Crippen LogP contribution in [0.2, 0.25) is 0 Å². The maximum absolute atomic E-state index is 6.13. The molecule has 0 aliphatic carbocycles. The number of nitrogens with zero attached hydrogens (tertiary/aromatic N) is 1. The standard InChI is InChI=1S/C17H26N2O/c1-14-10-15-4-2-3-5-16(15)19(11-14)13-17(12-18)6-8-20-9-7-17/h2-5,14H,6-13,18H2,1H3. The summed E-state index contributed by atoms with van der Waals surface area (Å²) < 4.78 is 5.53. The Hall–Kier alpha value is -1.06. The van der Waals surface area contributed by atoms with E-state index in [1.54, 1.807) is 0 Å². The van der Waals surface area contributed by atoms with Crippen molar-refractivity contribution in [3.8, 4) is 0 Å². The van der Waals surface area contributed by atoms with Gasteiger partial charge in [-0.15, -0.1) is 0 Å². The Morgan fingerprint density at radius 2 is 2.05 bits per heavy atom. The highest BCUT2D eigenvalue weighted by Gasteiger charge is 2.35. The lowest BCUT2D eigenvalue weighted by Gasteiger charge is -2.44. The Balaban J connectivity index is 1.83. The van der Waals surface area contributed by atoms with Gasteiger partial charge in [-0.25, -0.2) is 0 Å². The molecule has 1 saturated heterocycles. The van der Waals surface area contributed by atoms with Gasteiger partial charge in [0, 0.05) is 37.4 Å². The molecule has 3 rings (SSSR count). The maximum Gasteiger partial charge on any atom is 0.0472 e. The molecule has 2 N–H and O–H groups in total. The second-order valence-corrected chi connectivity index (χ2v) is 6.64. The first-order chi connectivity index (χ1) is 9.72. The molecule has 0 bridgehead atoms. The summed E-state index contributed by atoms with van der Waals surface area (Å²) in [5.41, 5.74) is 9.28. The molecule has 1 unspecified atom stereocenters. The molecule has 0 aromatic heterocycles. The third-order valence-electron chi connectivity index (χ3n) is 4.95. The van der Waals surface area contributed by atoms with Crippen molar-refractivity contribution in [3.63, 3.8) is 0 Å². The van der Waals surface area contributed by atoms with Gasteiger partial charge in [0.25, 0.3) is 0 Å². The fourth-order valence-corrected chi connectivity index (χ4v) is 3.69. The van der Waals surface area contributed by atoms with E-state index in [1.807, 2.05) is 0 Å². The van der Waals surface area contributed by atoms with Gasteiger partial charge in [0.05, 0.1) is 0 Å². The summed E-state index contributed by atoms with van der Waals surface area (Å²) >= 11 is 0. The van der Waals surface area contributed by atoms with Crippen molar-refractivity contribution in [2.45, 2.75) is 26.2 Å². The molecule has 1 atom stereocenters. The van der Waals surface area contributed by atoms with Crippen LogP contribution in [0.15, 0.2) is 24.3 Å². The molecule has 20 heavy (non-hydrogen) atoms. The number of rotatable bonds is 3. The summed E-state index contributed by atoms with van der Waals surface area (Å²) in [7, 11) is 0. The number of hydrogen-bond acceptors (Lipinski definition) is 3. The summed E-state index contributed by atoms with van der Waals surface area (Å²) in [6.45, 7) is 7.07. The van der Waals surface area contributed by atoms with Gasteiger partial charge in [0.2, 0.25) is 0 Å². The fraction of sp³-hybridized carbons (Fsp3) is 0.647. The van der Waals surface area contributed by atoms with Crippen molar-refractivity contribution in [1.82, 2.24) is 0 Å². The van der Waals surface area contributed by atoms with Gasteiger partial charge in [-0.3, -0.25) is 0 Å². The van der Waals surface area contributed by atoms with Crippen LogP contribution in [0.3, 0.4) is 0 Å². The average molecular weight is 274 g/mol. The van der Waals surface area contributed by atoms with E-state index in [0.717, 1.165) is 51.6 Å². The summed E-state index contributed by atoms with van der Waals surface area (Å²) in [4.78, 5) is 2.57. The molecule has 2 aliphatic rings. The zero-order chi connectivity index (χ0) is 14.0. The zero-order valence-corrected chi connectivity index (χ0v) is 12.5. The van der Waals surface area contributed by atoms with Crippen molar-refractivity contribution < 1.29 is 4.74 Å². The highest BCUT2D eigenvalue weighted by Crippen LogP contribution is 2.36. The Bertz CT molecular complexity index is 454. The van der Waals surface area contributed by atoms with E-state index in [1.165, 1.54) is 17.7 Å². The van der Waals surface area contributed by atoms with Crippen LogP contribution in [0.1, 0.15) is 25.3 Å². The molecule has 0 spiro atoms. The molecule has 3 nitrogen and oxygen atoms in total. The summed E-state index contributed by atoms with van der Waals surface area (Å²) in [5, 5.41) is 0. The van der Waals surface area contributed by atoms with Crippen molar-refractivity contribution in [2.75, 3.05) is 37.7 Å². The Labute approximate surface area is 122 Å². The van der Waals surface area contributed by atoms with E-state index in [0.29, 0.717) is 0 Å². The van der Waals surface area contributed by atoms with Crippen molar-refractivity contribution in [1.29, 1.82) is 0 Å². The lowest BCUT2D eigenvalue weighted by atomic mass is 9.79. The monoisotopic (exact) mass is 274 g/mol. The first-order valence-corrected chi connectivity index (χ1v) is 7.83. The number of nitrogens with two attached hydrogens (primary N) is 1. The zero-order valence-electron chi connectivity index (χ0n) is 12.5. The first kappa shape index (κ1) is 13.9. The van der Waals surface area contributed by atoms with E-state index < -0.39 is 0 Å². The highest BCUT2D eigenvalue weighted by molar-refractivity contribution is 5.56. The SMILES string of the molecule is CC1Cc2ccccc2N(CC2(CN)CCOCC2)C1. The van der Waals surface area contributed by atoms with Gasteiger partial charge in [0.1, 0.15) is 0 Å². The molecule has 2 aliphatic heterocycles. The van der Waals surface area contributed by atoms with Crippen LogP contribution in [0, 0.1) is 11.3 Å². The van der Waals surface area contributed by atoms with Gasteiger partial charge in [-0.2, -0.15) is 0 Å². The van der Waals surface area contributed by atoms with E-state index >= 15 is 0 Å². The quantitative estimate of drug-likeness (QED) is 0.920. The van der Waals surface area contributed by atoms with Crippen LogP contribution in [-0.4, -0.2) is 32.8 Å². The number of ether oxygens (including phenoxy) is 1. The summed E-state index contributed by atoms with van der Waals surface area (Å²) in [6, 6.07) is 8.85. The maximum atomic E-state index is 6.13. The normalized spacial score (nSPS) is 25.3. The Morgan fingerprint density at radius 1 is 1.30 bits per heavy atom. The number of benzene rings is 1. The van der Waals surface area contributed by atoms with Crippen LogP contribution in [0.4, 0.5) is 5.69 Å². The number of hydrogen-bond donors (Lipinski definition) is 1. The van der Waals surface area contributed by atoms with Gasteiger partial charge in [-0.1, -0.05) is 25.1 Å². The first-order valence-electron chi connectivity index (χ1n) is 7.83. The van der Waals surface area contributed by atoms with E-state index in [-0.39, 0.29) is 5.41 Å². The lowest BCUT2D eigenvalue weighted by Crippen LogP contribution is -2.48. The van der Waals surface area contributed by atoms with Crippen LogP contribution in [0.25, 0.3) is 0 Å². The van der Waals surface area contributed by atoms with Crippen molar-refractivity contribution in [3.05, 3.63) is 29.8 Å². The largest absolute Gasteiger partial charge is 0.381 e. The van der Waals surface area contributed by atoms with Gasteiger partial charge in [-0.05, 0) is 43.4 Å². The number of fused-ring (bicyclic) bond motifs is 1. The van der Waals surface area contributed by atoms with Crippen LogP contribution < -0.4 is 10.6 Å². The van der Waals surface area contributed by atoms with Crippen molar-refractivity contribution in [2.24, 2.45) is 17.1 Å². The minimum Gasteiger partial charge on any atom is -0.381 e. The van der Waals surface area contributed by atoms with Crippen LogP contribution >= 0.6 is 0 Å². The van der Waals surface area contributed by atoms with E-state index in [4.69, 9.17) is 10.5 Å². The minimum atomic E-state index is 0.239. The number of para-hydroxylation sites is 1. The average Bonchev–Trinajstić information content (AvgIpc) is 2.48. The smallest absolute Gasteiger partial charge is 0.0472 e. The van der Waals surface area contributed by atoms with Crippen LogP contribution in [0.5, 0.6) is 0 Å². The second kappa shape index (κ2) is 5.74. The van der Waals surface area contributed by atoms with Crippen molar-refractivity contribution >= 4 is 5.69 Å². The molecule has 110 valence electrons. The molecule has 0 radical (unpaired) electrons. The topological polar surface area (TPSA) is 38.5 Å². The summed E-state index contributed by atoms with van der Waals surface area (Å²) in [6.07, 6.45) is 3.39. The number of anilines is 1. The molecule has 1 aromatic rings. The molecular weight excluding hydrogens is 248 g/mol. The molecule has 1 aromatic carbocycles. The molecule has 0 saturated carbocycles. The molecule has 0 amide bonds. The third kappa shape index (κ3) is 2.70. The van der Waals surface area contributed by atoms with E-state index in [9.17, 15) is 0 Å². The minimum absolute atomic E-state index is 0.239. The second-order valence-electron chi connectivity index (χ2n) is 6.64. The third-order valence-corrected chi connectivity index (χ3v) is 4.95. The predicted octanol–water partition coefficient (Wildman–Crippen LogP) is 2.44. The summed E-state index contributed by atoms with van der Waals surface area (Å²) in [5.74, 6) is 0.722. The lowest BCUT2D eigenvalue weighted by molar-refractivity contribution is 0.0220. The Kier molecular flexibility index (Phi) is 3.99.